The van der Waals surface area contributed by atoms with E-state index in [1.54, 1.807) is 0 Å². The minimum absolute atomic E-state index is 0.0985. The van der Waals surface area contributed by atoms with Crippen LogP contribution in [0, 0.1) is 16.0 Å². The molecule has 1 amide bonds. The largest absolute Gasteiger partial charge is 0.481 e. The summed E-state index contributed by atoms with van der Waals surface area (Å²) in [6.45, 7) is 0. The van der Waals surface area contributed by atoms with E-state index < -0.39 is 28.5 Å². The van der Waals surface area contributed by atoms with Gasteiger partial charge in [0.15, 0.2) is 0 Å². The minimum Gasteiger partial charge on any atom is -0.481 e. The number of carbonyl (C=O) groups excluding carboxylic acids is 1. The molecule has 8 nitrogen and oxygen atoms in total. The van der Waals surface area contributed by atoms with E-state index in [4.69, 9.17) is 16.7 Å². The van der Waals surface area contributed by atoms with Gasteiger partial charge in [0.05, 0.1) is 11.3 Å². The second kappa shape index (κ2) is 6.04. The maximum atomic E-state index is 12.2. The van der Waals surface area contributed by atoms with Crippen LogP contribution >= 0.6 is 11.6 Å². The number of amides is 1. The van der Waals surface area contributed by atoms with Crippen molar-refractivity contribution in [3.8, 4) is 0 Å². The Morgan fingerprint density at radius 1 is 1.57 bits per heavy atom. The smallest absolute Gasteiger partial charge is 0.319 e. The lowest BCUT2D eigenvalue weighted by Gasteiger charge is -2.16. The third-order valence-electron chi connectivity index (χ3n) is 3.21. The number of pyridine rings is 1. The molecule has 0 bridgehead atoms. The van der Waals surface area contributed by atoms with Gasteiger partial charge in [-0.3, -0.25) is 19.7 Å². The lowest BCUT2D eigenvalue weighted by Crippen LogP contribution is -2.38. The molecule has 0 aromatic carbocycles. The number of hydrogen-bond acceptors (Lipinski definition) is 5. The van der Waals surface area contributed by atoms with Crippen LogP contribution in [0.2, 0.25) is 5.15 Å². The number of hydrogen-bond donors (Lipinski definition) is 2. The number of rotatable bonds is 6. The Balaban J connectivity index is 2.21. The summed E-state index contributed by atoms with van der Waals surface area (Å²) in [6.07, 6.45) is 2.63. The fourth-order valence-corrected chi connectivity index (χ4v) is 2.28. The number of halogens is 1. The van der Waals surface area contributed by atoms with Crippen LogP contribution in [0.15, 0.2) is 12.3 Å². The molecule has 1 saturated carbocycles. The molecular formula is C12H12ClN3O5. The highest BCUT2D eigenvalue weighted by molar-refractivity contribution is 6.32. The van der Waals surface area contributed by atoms with Gasteiger partial charge >= 0.3 is 11.7 Å². The SMILES string of the molecule is O=C(O)CC(NC(=O)c1ccnc(Cl)c1[N+](=O)[O-])C1CC1. The molecule has 1 aliphatic carbocycles. The minimum atomic E-state index is -1.03. The van der Waals surface area contributed by atoms with Crippen LogP contribution in [0.1, 0.15) is 29.6 Å². The van der Waals surface area contributed by atoms with Crippen molar-refractivity contribution >= 4 is 29.2 Å². The Morgan fingerprint density at radius 2 is 2.24 bits per heavy atom. The molecular weight excluding hydrogens is 302 g/mol. The molecule has 1 heterocycles. The Bertz CT molecular complexity index is 603. The summed E-state index contributed by atoms with van der Waals surface area (Å²) in [7, 11) is 0. The number of nitrogens with one attached hydrogen (secondary N) is 1. The average molecular weight is 314 g/mol. The fourth-order valence-electron chi connectivity index (χ4n) is 2.05. The van der Waals surface area contributed by atoms with E-state index in [1.807, 2.05) is 0 Å². The van der Waals surface area contributed by atoms with Gasteiger partial charge in [0.1, 0.15) is 5.56 Å². The molecule has 1 aliphatic rings. The third kappa shape index (κ3) is 3.66. The summed E-state index contributed by atoms with van der Waals surface area (Å²) in [5.74, 6) is -1.65. The van der Waals surface area contributed by atoms with E-state index in [-0.39, 0.29) is 23.1 Å². The Morgan fingerprint density at radius 3 is 2.76 bits per heavy atom. The number of aliphatic carboxylic acids is 1. The van der Waals surface area contributed by atoms with Gasteiger partial charge in [-0.05, 0) is 24.8 Å². The molecule has 1 atom stereocenters. The van der Waals surface area contributed by atoms with Crippen molar-refractivity contribution in [2.75, 3.05) is 0 Å². The van der Waals surface area contributed by atoms with Gasteiger partial charge in [0.25, 0.3) is 5.91 Å². The van der Waals surface area contributed by atoms with Gasteiger partial charge < -0.3 is 10.4 Å². The van der Waals surface area contributed by atoms with E-state index in [9.17, 15) is 19.7 Å². The molecule has 21 heavy (non-hydrogen) atoms. The highest BCUT2D eigenvalue weighted by Crippen LogP contribution is 2.34. The first-order valence-electron chi connectivity index (χ1n) is 6.21. The number of carboxylic acid groups (broad SMARTS) is 1. The summed E-state index contributed by atoms with van der Waals surface area (Å²) in [4.78, 5) is 36.7. The molecule has 0 spiro atoms. The molecule has 1 aromatic rings. The zero-order valence-corrected chi connectivity index (χ0v) is 11.5. The third-order valence-corrected chi connectivity index (χ3v) is 3.49. The lowest BCUT2D eigenvalue weighted by atomic mass is 10.1. The quantitative estimate of drug-likeness (QED) is 0.467. The van der Waals surface area contributed by atoms with Gasteiger partial charge in [-0.2, -0.15) is 0 Å². The van der Waals surface area contributed by atoms with Crippen LogP contribution in [0.4, 0.5) is 5.69 Å². The second-order valence-corrected chi connectivity index (χ2v) is 5.13. The zero-order chi connectivity index (χ0) is 15.6. The molecule has 9 heteroatoms. The van der Waals surface area contributed by atoms with E-state index in [0.717, 1.165) is 12.8 Å². The number of carbonyl (C=O) groups is 2. The molecule has 2 rings (SSSR count). The average Bonchev–Trinajstić information content (AvgIpc) is 3.20. The molecule has 1 aromatic heterocycles. The van der Waals surface area contributed by atoms with Crippen LogP contribution in [-0.4, -0.2) is 32.9 Å². The second-order valence-electron chi connectivity index (χ2n) is 4.77. The van der Waals surface area contributed by atoms with E-state index >= 15 is 0 Å². The highest BCUT2D eigenvalue weighted by Gasteiger charge is 2.35. The Kier molecular flexibility index (Phi) is 4.37. The normalized spacial score (nSPS) is 15.3. The molecule has 1 fully saturated rings. The number of nitrogens with zero attached hydrogens (tertiary/aromatic N) is 2. The summed E-state index contributed by atoms with van der Waals surface area (Å²) in [5, 5.41) is 22.0. The van der Waals surface area contributed by atoms with Crippen molar-refractivity contribution in [2.45, 2.75) is 25.3 Å². The topological polar surface area (TPSA) is 122 Å². The van der Waals surface area contributed by atoms with Crippen LogP contribution in [0.25, 0.3) is 0 Å². The molecule has 2 N–H and O–H groups in total. The molecule has 0 aliphatic heterocycles. The van der Waals surface area contributed by atoms with Gasteiger partial charge in [-0.1, -0.05) is 11.6 Å². The first-order valence-corrected chi connectivity index (χ1v) is 6.59. The monoisotopic (exact) mass is 313 g/mol. The van der Waals surface area contributed by atoms with Gasteiger partial charge in [-0.25, -0.2) is 4.98 Å². The number of aromatic nitrogens is 1. The van der Waals surface area contributed by atoms with Crippen LogP contribution in [0.3, 0.4) is 0 Å². The Hall–Kier alpha value is -2.22. The van der Waals surface area contributed by atoms with E-state index in [0.29, 0.717) is 0 Å². The standard InChI is InChI=1S/C12H12ClN3O5/c13-11-10(16(20)21)7(3-4-14-11)12(19)15-8(5-9(17)18)6-1-2-6/h3-4,6,8H,1-2,5H2,(H,15,19)(H,17,18). The summed E-state index contributed by atoms with van der Waals surface area (Å²) < 4.78 is 0. The van der Waals surface area contributed by atoms with Crippen molar-refractivity contribution in [3.63, 3.8) is 0 Å². The van der Waals surface area contributed by atoms with Gasteiger partial charge in [0, 0.05) is 12.2 Å². The zero-order valence-electron chi connectivity index (χ0n) is 10.8. The van der Waals surface area contributed by atoms with Crippen molar-refractivity contribution in [2.24, 2.45) is 5.92 Å². The number of nitro groups is 1. The Labute approximate surface area is 124 Å². The maximum absolute atomic E-state index is 12.2. The molecule has 0 saturated heterocycles. The van der Waals surface area contributed by atoms with E-state index in [2.05, 4.69) is 10.3 Å². The first-order chi connectivity index (χ1) is 9.90. The highest BCUT2D eigenvalue weighted by atomic mass is 35.5. The van der Waals surface area contributed by atoms with Crippen molar-refractivity contribution in [3.05, 3.63) is 33.1 Å². The molecule has 112 valence electrons. The van der Waals surface area contributed by atoms with Gasteiger partial charge in [0.2, 0.25) is 5.15 Å². The van der Waals surface area contributed by atoms with Crippen LogP contribution < -0.4 is 5.32 Å². The predicted octanol–water partition coefficient (Wildman–Crippen LogP) is 1.63. The molecule has 0 radical (unpaired) electrons. The van der Waals surface area contributed by atoms with E-state index in [1.165, 1.54) is 12.3 Å². The maximum Gasteiger partial charge on any atom is 0.319 e. The number of carboxylic acids is 1. The van der Waals surface area contributed by atoms with Gasteiger partial charge in [-0.15, -0.1) is 0 Å². The van der Waals surface area contributed by atoms with Crippen molar-refractivity contribution in [1.29, 1.82) is 0 Å². The van der Waals surface area contributed by atoms with Crippen molar-refractivity contribution in [1.82, 2.24) is 10.3 Å². The fraction of sp³-hybridized carbons (Fsp3) is 0.417. The summed E-state index contributed by atoms with van der Waals surface area (Å²) in [5.41, 5.74) is -0.808. The summed E-state index contributed by atoms with van der Waals surface area (Å²) in [6, 6.07) is 0.644. The lowest BCUT2D eigenvalue weighted by molar-refractivity contribution is -0.385. The van der Waals surface area contributed by atoms with Crippen molar-refractivity contribution < 1.29 is 19.6 Å². The predicted molar refractivity (Wildman–Crippen MR) is 72.1 cm³/mol. The van der Waals surface area contributed by atoms with Crippen LogP contribution in [0.5, 0.6) is 0 Å². The van der Waals surface area contributed by atoms with Crippen LogP contribution in [-0.2, 0) is 4.79 Å². The summed E-state index contributed by atoms with van der Waals surface area (Å²) >= 11 is 5.64. The molecule has 1 unspecified atom stereocenters. The first kappa shape index (κ1) is 15.2.